The Labute approximate surface area is 167 Å². The summed E-state index contributed by atoms with van der Waals surface area (Å²) in [5.74, 6) is -5.12. The molecule has 2 amide bonds. The van der Waals surface area contributed by atoms with E-state index in [1.165, 1.54) is 4.90 Å². The molecule has 2 aromatic carbocycles. The maximum Gasteiger partial charge on any atom is 0.260 e. The van der Waals surface area contributed by atoms with Crippen molar-refractivity contribution < 1.29 is 27.5 Å². The van der Waals surface area contributed by atoms with Gasteiger partial charge in [-0.1, -0.05) is 24.6 Å². The maximum absolute atomic E-state index is 13.7. The summed E-state index contributed by atoms with van der Waals surface area (Å²) >= 11 is 0. The number of ether oxygens (including phenoxy) is 1. The molecule has 2 rings (SSSR count). The van der Waals surface area contributed by atoms with E-state index in [0.29, 0.717) is 18.2 Å². The number of nitrogens with one attached hydrogen (secondary N) is 1. The fourth-order valence-corrected chi connectivity index (χ4v) is 2.74. The van der Waals surface area contributed by atoms with Gasteiger partial charge in [0.1, 0.15) is 5.75 Å². The molecule has 0 fully saturated rings. The van der Waals surface area contributed by atoms with E-state index in [-0.39, 0.29) is 19.7 Å². The van der Waals surface area contributed by atoms with Crippen molar-refractivity contribution in [3.8, 4) is 5.75 Å². The normalized spacial score (nSPS) is 10.6. The van der Waals surface area contributed by atoms with Gasteiger partial charge in [0, 0.05) is 6.54 Å². The van der Waals surface area contributed by atoms with Gasteiger partial charge in [-0.05, 0) is 44.0 Å². The minimum absolute atomic E-state index is 0.267. The first-order valence-electron chi connectivity index (χ1n) is 9.14. The summed E-state index contributed by atoms with van der Waals surface area (Å²) in [4.78, 5) is 25.9. The standard InChI is InChI=1S/C21H23F3N2O3/c1-4-9-26(19(28)12-29-17-8-5-13(2)10-14(17)3)11-18(27)25-16-7-6-15(22)20(23)21(16)24/h5-8,10H,4,9,11-12H2,1-3H3,(H,25,27). The van der Waals surface area contributed by atoms with Crippen molar-refractivity contribution in [2.45, 2.75) is 27.2 Å². The Kier molecular flexibility index (Phi) is 7.64. The van der Waals surface area contributed by atoms with Crippen LogP contribution in [0.5, 0.6) is 5.75 Å². The largest absolute Gasteiger partial charge is 0.484 e. The van der Waals surface area contributed by atoms with Crippen LogP contribution in [0.4, 0.5) is 18.9 Å². The number of hydrogen-bond acceptors (Lipinski definition) is 3. The van der Waals surface area contributed by atoms with E-state index < -0.39 is 35.0 Å². The van der Waals surface area contributed by atoms with Crippen LogP contribution in [-0.4, -0.2) is 36.4 Å². The van der Waals surface area contributed by atoms with Crippen molar-refractivity contribution in [3.63, 3.8) is 0 Å². The van der Waals surface area contributed by atoms with Gasteiger partial charge in [0.2, 0.25) is 5.91 Å². The summed E-state index contributed by atoms with van der Waals surface area (Å²) in [6.45, 7) is 5.28. The second-order valence-corrected chi connectivity index (χ2v) is 6.64. The average Bonchev–Trinajstić information content (AvgIpc) is 2.67. The number of hydrogen-bond donors (Lipinski definition) is 1. The predicted molar refractivity (Wildman–Crippen MR) is 103 cm³/mol. The summed E-state index contributed by atoms with van der Waals surface area (Å²) in [7, 11) is 0. The summed E-state index contributed by atoms with van der Waals surface area (Å²) < 4.78 is 45.5. The van der Waals surface area contributed by atoms with Crippen LogP contribution in [0.3, 0.4) is 0 Å². The molecule has 0 radical (unpaired) electrons. The second-order valence-electron chi connectivity index (χ2n) is 6.64. The molecule has 5 nitrogen and oxygen atoms in total. The van der Waals surface area contributed by atoms with E-state index in [2.05, 4.69) is 5.32 Å². The van der Waals surface area contributed by atoms with E-state index in [9.17, 15) is 22.8 Å². The zero-order valence-corrected chi connectivity index (χ0v) is 16.5. The van der Waals surface area contributed by atoms with Gasteiger partial charge in [0.25, 0.3) is 5.91 Å². The highest BCUT2D eigenvalue weighted by atomic mass is 19.2. The Hall–Kier alpha value is -3.03. The van der Waals surface area contributed by atoms with Crippen molar-refractivity contribution >= 4 is 17.5 Å². The smallest absolute Gasteiger partial charge is 0.260 e. The molecule has 0 aliphatic heterocycles. The number of amides is 2. The molecule has 0 saturated carbocycles. The lowest BCUT2D eigenvalue weighted by Gasteiger charge is -2.22. The van der Waals surface area contributed by atoms with Gasteiger partial charge >= 0.3 is 0 Å². The minimum Gasteiger partial charge on any atom is -0.484 e. The number of nitrogens with zero attached hydrogens (tertiary/aromatic N) is 1. The van der Waals surface area contributed by atoms with E-state index in [1.807, 2.05) is 32.9 Å². The third-order valence-electron chi connectivity index (χ3n) is 4.17. The average molecular weight is 408 g/mol. The van der Waals surface area contributed by atoms with Crippen LogP contribution < -0.4 is 10.1 Å². The van der Waals surface area contributed by atoms with Crippen LogP contribution in [0.1, 0.15) is 24.5 Å². The quantitative estimate of drug-likeness (QED) is 0.673. The number of halogens is 3. The number of benzene rings is 2. The Morgan fingerprint density at radius 2 is 1.79 bits per heavy atom. The fraction of sp³-hybridized carbons (Fsp3) is 0.333. The SMILES string of the molecule is CCCN(CC(=O)Nc1ccc(F)c(F)c1F)C(=O)COc1ccc(C)cc1C. The number of carbonyl (C=O) groups excluding carboxylic acids is 2. The van der Waals surface area contributed by atoms with E-state index in [1.54, 1.807) is 6.07 Å². The van der Waals surface area contributed by atoms with E-state index >= 15 is 0 Å². The molecule has 0 unspecified atom stereocenters. The summed E-state index contributed by atoms with van der Waals surface area (Å²) in [5.41, 5.74) is 1.45. The maximum atomic E-state index is 13.7. The first-order valence-corrected chi connectivity index (χ1v) is 9.14. The van der Waals surface area contributed by atoms with E-state index in [0.717, 1.165) is 17.2 Å². The van der Waals surface area contributed by atoms with Crippen molar-refractivity contribution in [2.75, 3.05) is 25.0 Å². The molecule has 0 atom stereocenters. The highest BCUT2D eigenvalue weighted by Crippen LogP contribution is 2.20. The highest BCUT2D eigenvalue weighted by molar-refractivity contribution is 5.94. The monoisotopic (exact) mass is 408 g/mol. The minimum atomic E-state index is -1.67. The number of aryl methyl sites for hydroxylation is 2. The van der Waals surface area contributed by atoms with Gasteiger partial charge < -0.3 is 15.0 Å². The number of anilines is 1. The highest BCUT2D eigenvalue weighted by Gasteiger charge is 2.20. The molecule has 0 bridgehead atoms. The molecule has 2 aromatic rings. The van der Waals surface area contributed by atoms with Gasteiger partial charge in [-0.3, -0.25) is 9.59 Å². The number of rotatable bonds is 8. The molecule has 0 heterocycles. The first-order chi connectivity index (χ1) is 13.7. The lowest BCUT2D eigenvalue weighted by Crippen LogP contribution is -2.41. The Bertz CT molecular complexity index is 903. The molecule has 8 heteroatoms. The van der Waals surface area contributed by atoms with Gasteiger partial charge in [-0.2, -0.15) is 0 Å². The van der Waals surface area contributed by atoms with Crippen molar-refractivity contribution in [3.05, 3.63) is 58.9 Å². The molecule has 156 valence electrons. The van der Waals surface area contributed by atoms with Crippen molar-refractivity contribution in [1.82, 2.24) is 4.90 Å². The molecular weight excluding hydrogens is 385 g/mol. The van der Waals surface area contributed by atoms with Gasteiger partial charge in [0.05, 0.1) is 12.2 Å². The Balaban J connectivity index is 2.00. The third-order valence-corrected chi connectivity index (χ3v) is 4.17. The fourth-order valence-electron chi connectivity index (χ4n) is 2.74. The zero-order chi connectivity index (χ0) is 21.6. The van der Waals surface area contributed by atoms with Crippen LogP contribution in [0.2, 0.25) is 0 Å². The summed E-state index contributed by atoms with van der Waals surface area (Å²) in [5, 5.41) is 2.16. The third kappa shape index (κ3) is 5.97. The Morgan fingerprint density at radius 3 is 2.45 bits per heavy atom. The second kappa shape index (κ2) is 9.95. The van der Waals surface area contributed by atoms with Crippen LogP contribution in [0.25, 0.3) is 0 Å². The molecule has 0 aliphatic carbocycles. The number of carbonyl (C=O) groups is 2. The van der Waals surface area contributed by atoms with Crippen LogP contribution in [0, 0.1) is 31.3 Å². The Morgan fingerprint density at radius 1 is 1.07 bits per heavy atom. The zero-order valence-electron chi connectivity index (χ0n) is 16.5. The topological polar surface area (TPSA) is 58.6 Å². The van der Waals surface area contributed by atoms with Crippen molar-refractivity contribution in [1.29, 1.82) is 0 Å². The molecule has 0 aromatic heterocycles. The lowest BCUT2D eigenvalue weighted by molar-refractivity contribution is -0.136. The van der Waals surface area contributed by atoms with Gasteiger partial charge in [-0.25, -0.2) is 13.2 Å². The van der Waals surface area contributed by atoms with Crippen LogP contribution in [0.15, 0.2) is 30.3 Å². The molecule has 1 N–H and O–H groups in total. The van der Waals surface area contributed by atoms with Crippen LogP contribution in [-0.2, 0) is 9.59 Å². The molecule has 29 heavy (non-hydrogen) atoms. The van der Waals surface area contributed by atoms with Crippen molar-refractivity contribution in [2.24, 2.45) is 0 Å². The molecule has 0 aliphatic rings. The summed E-state index contributed by atoms with van der Waals surface area (Å²) in [6.07, 6.45) is 0.585. The molecular formula is C21H23F3N2O3. The van der Waals surface area contributed by atoms with Gasteiger partial charge in [-0.15, -0.1) is 0 Å². The first kappa shape index (κ1) is 22.3. The summed E-state index contributed by atoms with van der Waals surface area (Å²) in [6, 6.07) is 7.18. The molecule has 0 saturated heterocycles. The van der Waals surface area contributed by atoms with Gasteiger partial charge in [0.15, 0.2) is 24.1 Å². The lowest BCUT2D eigenvalue weighted by atomic mass is 10.1. The molecule has 0 spiro atoms. The van der Waals surface area contributed by atoms with E-state index in [4.69, 9.17) is 4.74 Å². The van der Waals surface area contributed by atoms with Crippen LogP contribution >= 0.6 is 0 Å². The predicted octanol–water partition coefficient (Wildman–Crippen LogP) is 3.98.